The first-order chi connectivity index (χ1) is 11.3. The van der Waals surface area contributed by atoms with Gasteiger partial charge in [0.15, 0.2) is 5.76 Å². The van der Waals surface area contributed by atoms with Crippen LogP contribution in [-0.4, -0.2) is 51.9 Å². The summed E-state index contributed by atoms with van der Waals surface area (Å²) >= 11 is 0. The molecule has 122 valence electrons. The molecule has 23 heavy (non-hydrogen) atoms. The van der Waals surface area contributed by atoms with E-state index in [1.54, 1.807) is 12.1 Å². The third-order valence-corrected chi connectivity index (χ3v) is 4.07. The highest BCUT2D eigenvalue weighted by molar-refractivity contribution is 5.91. The van der Waals surface area contributed by atoms with Gasteiger partial charge in [0.2, 0.25) is 0 Å². The number of carbonyl (C=O) groups excluding carboxylic acids is 1. The SMILES string of the molecule is CCc1nccc(CN2CCCN(C(=O)c3ccco3)CC2)n1. The fourth-order valence-corrected chi connectivity index (χ4v) is 2.82. The summed E-state index contributed by atoms with van der Waals surface area (Å²) in [6.45, 7) is 6.15. The van der Waals surface area contributed by atoms with Crippen molar-refractivity contribution in [3.8, 4) is 0 Å². The maximum Gasteiger partial charge on any atom is 0.289 e. The quantitative estimate of drug-likeness (QED) is 0.863. The first-order valence-electron chi connectivity index (χ1n) is 8.12. The Balaban J connectivity index is 1.59. The van der Waals surface area contributed by atoms with Crippen LogP contribution in [0.3, 0.4) is 0 Å². The molecule has 3 rings (SSSR count). The summed E-state index contributed by atoms with van der Waals surface area (Å²) in [5.41, 5.74) is 1.04. The van der Waals surface area contributed by atoms with Crippen LogP contribution in [0.4, 0.5) is 0 Å². The molecule has 0 aliphatic carbocycles. The van der Waals surface area contributed by atoms with Gasteiger partial charge >= 0.3 is 0 Å². The van der Waals surface area contributed by atoms with Gasteiger partial charge in [0.25, 0.3) is 5.91 Å². The van der Waals surface area contributed by atoms with Gasteiger partial charge in [0.1, 0.15) is 5.82 Å². The average Bonchev–Trinajstić information content (AvgIpc) is 3.02. The van der Waals surface area contributed by atoms with E-state index in [0.717, 1.165) is 50.5 Å². The van der Waals surface area contributed by atoms with Gasteiger partial charge in [-0.2, -0.15) is 0 Å². The fraction of sp³-hybridized carbons (Fsp3) is 0.471. The van der Waals surface area contributed by atoms with Crippen LogP contribution in [0.1, 0.15) is 35.4 Å². The van der Waals surface area contributed by atoms with Crippen LogP contribution in [0.25, 0.3) is 0 Å². The highest BCUT2D eigenvalue weighted by Gasteiger charge is 2.22. The standard InChI is InChI=1S/C17H22N4O2/c1-2-16-18-7-6-14(19-16)13-20-8-4-9-21(11-10-20)17(22)15-5-3-12-23-15/h3,5-7,12H,2,4,8-11,13H2,1H3. The van der Waals surface area contributed by atoms with Gasteiger partial charge in [-0.25, -0.2) is 9.97 Å². The third kappa shape index (κ3) is 3.96. The van der Waals surface area contributed by atoms with Crippen LogP contribution < -0.4 is 0 Å². The van der Waals surface area contributed by atoms with Crippen molar-refractivity contribution in [1.82, 2.24) is 19.8 Å². The maximum absolute atomic E-state index is 12.4. The van der Waals surface area contributed by atoms with E-state index in [1.807, 2.05) is 17.2 Å². The minimum atomic E-state index is -0.0212. The van der Waals surface area contributed by atoms with Crippen molar-refractivity contribution in [3.63, 3.8) is 0 Å². The van der Waals surface area contributed by atoms with Crippen LogP contribution in [0.2, 0.25) is 0 Å². The number of nitrogens with zero attached hydrogens (tertiary/aromatic N) is 4. The lowest BCUT2D eigenvalue weighted by molar-refractivity contribution is 0.0729. The fourth-order valence-electron chi connectivity index (χ4n) is 2.82. The number of carbonyl (C=O) groups is 1. The zero-order valence-corrected chi connectivity index (χ0v) is 13.4. The largest absolute Gasteiger partial charge is 0.459 e. The van der Waals surface area contributed by atoms with E-state index in [4.69, 9.17) is 4.42 Å². The number of hydrogen-bond acceptors (Lipinski definition) is 5. The second-order valence-electron chi connectivity index (χ2n) is 5.72. The molecule has 1 aliphatic heterocycles. The molecule has 0 aromatic carbocycles. The highest BCUT2D eigenvalue weighted by atomic mass is 16.3. The van der Waals surface area contributed by atoms with Gasteiger partial charge in [0, 0.05) is 45.3 Å². The topological polar surface area (TPSA) is 62.5 Å². The number of amides is 1. The maximum atomic E-state index is 12.4. The van der Waals surface area contributed by atoms with E-state index >= 15 is 0 Å². The molecule has 1 fully saturated rings. The van der Waals surface area contributed by atoms with Gasteiger partial charge in [0.05, 0.1) is 12.0 Å². The predicted molar refractivity (Wildman–Crippen MR) is 85.9 cm³/mol. The molecule has 0 saturated carbocycles. The van der Waals surface area contributed by atoms with E-state index in [9.17, 15) is 4.79 Å². The monoisotopic (exact) mass is 314 g/mol. The second kappa shape index (κ2) is 7.37. The first kappa shape index (κ1) is 15.7. The Hall–Kier alpha value is -2.21. The average molecular weight is 314 g/mol. The van der Waals surface area contributed by atoms with Crippen LogP contribution in [-0.2, 0) is 13.0 Å². The zero-order valence-electron chi connectivity index (χ0n) is 13.4. The predicted octanol–water partition coefficient (Wildman–Crippen LogP) is 1.98. The number of aryl methyl sites for hydroxylation is 1. The molecule has 2 aromatic heterocycles. The van der Waals surface area contributed by atoms with Crippen molar-refractivity contribution in [2.45, 2.75) is 26.3 Å². The molecular formula is C17H22N4O2. The Labute approximate surface area is 136 Å². The molecule has 0 bridgehead atoms. The Bertz CT molecular complexity index is 642. The lowest BCUT2D eigenvalue weighted by atomic mass is 10.3. The smallest absolute Gasteiger partial charge is 0.289 e. The molecule has 3 heterocycles. The van der Waals surface area contributed by atoms with Crippen molar-refractivity contribution >= 4 is 5.91 Å². The van der Waals surface area contributed by atoms with E-state index in [0.29, 0.717) is 12.3 Å². The van der Waals surface area contributed by atoms with Crippen LogP contribution >= 0.6 is 0 Å². The summed E-state index contributed by atoms with van der Waals surface area (Å²) in [6.07, 6.45) is 5.17. The van der Waals surface area contributed by atoms with E-state index in [2.05, 4.69) is 21.8 Å². The van der Waals surface area contributed by atoms with E-state index < -0.39 is 0 Å². The summed E-state index contributed by atoms with van der Waals surface area (Å²) in [6, 6.07) is 5.44. The van der Waals surface area contributed by atoms with Crippen molar-refractivity contribution in [2.24, 2.45) is 0 Å². The number of aromatic nitrogens is 2. The lowest BCUT2D eigenvalue weighted by Crippen LogP contribution is -2.35. The normalized spacial score (nSPS) is 16.3. The molecule has 6 nitrogen and oxygen atoms in total. The van der Waals surface area contributed by atoms with Crippen molar-refractivity contribution in [3.05, 3.63) is 47.9 Å². The summed E-state index contributed by atoms with van der Waals surface area (Å²) in [5.74, 6) is 1.28. The minimum absolute atomic E-state index is 0.0212. The Morgan fingerprint density at radius 1 is 1.26 bits per heavy atom. The molecule has 0 N–H and O–H groups in total. The number of furan rings is 1. The molecule has 0 spiro atoms. The molecule has 0 radical (unpaired) electrons. The Morgan fingerprint density at radius 3 is 2.96 bits per heavy atom. The van der Waals surface area contributed by atoms with Gasteiger partial charge < -0.3 is 9.32 Å². The van der Waals surface area contributed by atoms with Crippen LogP contribution in [0, 0.1) is 0 Å². The van der Waals surface area contributed by atoms with Gasteiger partial charge in [-0.1, -0.05) is 6.92 Å². The van der Waals surface area contributed by atoms with E-state index in [1.165, 1.54) is 6.26 Å². The third-order valence-electron chi connectivity index (χ3n) is 4.07. The summed E-state index contributed by atoms with van der Waals surface area (Å²) < 4.78 is 5.22. The van der Waals surface area contributed by atoms with Crippen LogP contribution in [0.15, 0.2) is 35.1 Å². The summed E-state index contributed by atoms with van der Waals surface area (Å²) in [5, 5.41) is 0. The van der Waals surface area contributed by atoms with Crippen molar-refractivity contribution in [1.29, 1.82) is 0 Å². The lowest BCUT2D eigenvalue weighted by Gasteiger charge is -2.21. The molecule has 1 amide bonds. The second-order valence-corrected chi connectivity index (χ2v) is 5.72. The molecule has 2 aromatic rings. The minimum Gasteiger partial charge on any atom is -0.459 e. The Kier molecular flexibility index (Phi) is 5.02. The van der Waals surface area contributed by atoms with E-state index in [-0.39, 0.29) is 5.91 Å². The molecule has 1 aliphatic rings. The van der Waals surface area contributed by atoms with Gasteiger partial charge in [-0.3, -0.25) is 9.69 Å². The Morgan fingerprint density at radius 2 is 2.17 bits per heavy atom. The molecule has 0 unspecified atom stereocenters. The number of hydrogen-bond donors (Lipinski definition) is 0. The van der Waals surface area contributed by atoms with Crippen LogP contribution in [0.5, 0.6) is 0 Å². The zero-order chi connectivity index (χ0) is 16.1. The molecule has 6 heteroatoms. The molecule has 0 atom stereocenters. The highest BCUT2D eigenvalue weighted by Crippen LogP contribution is 2.11. The summed E-state index contributed by atoms with van der Waals surface area (Å²) in [7, 11) is 0. The van der Waals surface area contributed by atoms with Gasteiger partial charge in [-0.05, 0) is 24.6 Å². The van der Waals surface area contributed by atoms with Crippen molar-refractivity contribution < 1.29 is 9.21 Å². The summed E-state index contributed by atoms with van der Waals surface area (Å²) in [4.78, 5) is 25.4. The number of rotatable bonds is 4. The first-order valence-corrected chi connectivity index (χ1v) is 8.12. The van der Waals surface area contributed by atoms with Gasteiger partial charge in [-0.15, -0.1) is 0 Å². The molecular weight excluding hydrogens is 292 g/mol. The molecule has 1 saturated heterocycles. The van der Waals surface area contributed by atoms with Crippen molar-refractivity contribution in [2.75, 3.05) is 26.2 Å².